The molecular weight excluding hydrogens is 200 g/mol. The molecule has 1 rings (SSSR count). The van der Waals surface area contributed by atoms with Gasteiger partial charge in [0.25, 0.3) is 0 Å². The zero-order chi connectivity index (χ0) is 10.6. The normalized spacial score (nSPS) is 11.3. The van der Waals surface area contributed by atoms with Gasteiger partial charge in [0.15, 0.2) is 5.13 Å². The highest BCUT2D eigenvalue weighted by atomic mass is 32.1. The van der Waals surface area contributed by atoms with Crippen LogP contribution in [0.5, 0.6) is 0 Å². The summed E-state index contributed by atoms with van der Waals surface area (Å²) in [7, 11) is 0. The van der Waals surface area contributed by atoms with Gasteiger partial charge in [-0.25, -0.2) is 4.98 Å². The van der Waals surface area contributed by atoms with Gasteiger partial charge in [-0.2, -0.15) is 0 Å². The van der Waals surface area contributed by atoms with E-state index in [9.17, 15) is 4.79 Å². The van der Waals surface area contributed by atoms with Crippen LogP contribution in [0.2, 0.25) is 0 Å². The van der Waals surface area contributed by atoms with E-state index in [1.54, 1.807) is 6.20 Å². The first-order chi connectivity index (χ1) is 6.49. The Balaban J connectivity index is 2.45. The summed E-state index contributed by atoms with van der Waals surface area (Å²) in [6.07, 6.45) is 2.48. The second-order valence-corrected chi connectivity index (χ2v) is 4.63. The Labute approximate surface area is 87.0 Å². The second kappa shape index (κ2) is 4.41. The quantitative estimate of drug-likeness (QED) is 0.788. The Morgan fingerprint density at radius 1 is 1.71 bits per heavy atom. The number of nitrogens with zero attached hydrogens (tertiary/aromatic N) is 1. The molecule has 0 amide bonds. The van der Waals surface area contributed by atoms with Crippen molar-refractivity contribution in [2.75, 3.05) is 5.32 Å². The minimum Gasteiger partial charge on any atom is -0.481 e. The van der Waals surface area contributed by atoms with Crippen molar-refractivity contribution in [3.63, 3.8) is 0 Å². The maximum Gasteiger partial charge on any atom is 0.303 e. The molecule has 2 N–H and O–H groups in total. The molecule has 1 aromatic heterocycles. The van der Waals surface area contributed by atoms with E-state index in [0.717, 1.165) is 5.13 Å². The third-order valence-corrected chi connectivity index (χ3v) is 2.53. The number of aromatic nitrogens is 1. The van der Waals surface area contributed by atoms with E-state index < -0.39 is 5.97 Å². The number of rotatable bonds is 5. The maximum absolute atomic E-state index is 10.4. The molecule has 0 fully saturated rings. The summed E-state index contributed by atoms with van der Waals surface area (Å²) in [5, 5.41) is 14.5. The SMILES string of the molecule is CC(C)(CCC(=O)O)Nc1nccs1. The molecule has 0 spiro atoms. The van der Waals surface area contributed by atoms with Crippen molar-refractivity contribution in [1.82, 2.24) is 4.98 Å². The summed E-state index contributed by atoms with van der Waals surface area (Å²) in [6, 6.07) is 0. The molecule has 1 heterocycles. The summed E-state index contributed by atoms with van der Waals surface area (Å²) in [6.45, 7) is 3.94. The Bertz CT molecular complexity index is 296. The van der Waals surface area contributed by atoms with Gasteiger partial charge in [0.05, 0.1) is 0 Å². The topological polar surface area (TPSA) is 62.2 Å². The Hall–Kier alpha value is -1.10. The van der Waals surface area contributed by atoms with E-state index in [4.69, 9.17) is 5.11 Å². The molecule has 0 saturated heterocycles. The number of hydrogen-bond acceptors (Lipinski definition) is 4. The fourth-order valence-electron chi connectivity index (χ4n) is 1.06. The average molecular weight is 214 g/mol. The lowest BCUT2D eigenvalue weighted by Crippen LogP contribution is -2.31. The molecule has 0 aliphatic heterocycles. The molecule has 0 bridgehead atoms. The third kappa shape index (κ3) is 3.74. The molecular formula is C9H14N2O2S. The van der Waals surface area contributed by atoms with Gasteiger partial charge >= 0.3 is 5.97 Å². The average Bonchev–Trinajstić information content (AvgIpc) is 2.53. The van der Waals surface area contributed by atoms with E-state index >= 15 is 0 Å². The van der Waals surface area contributed by atoms with Gasteiger partial charge in [-0.1, -0.05) is 0 Å². The minimum atomic E-state index is -0.765. The number of hydrogen-bond donors (Lipinski definition) is 2. The summed E-state index contributed by atoms with van der Waals surface area (Å²) < 4.78 is 0. The molecule has 0 unspecified atom stereocenters. The lowest BCUT2D eigenvalue weighted by molar-refractivity contribution is -0.137. The molecule has 1 aromatic rings. The highest BCUT2D eigenvalue weighted by molar-refractivity contribution is 7.13. The van der Waals surface area contributed by atoms with Crippen LogP contribution in [-0.4, -0.2) is 21.6 Å². The molecule has 0 saturated carbocycles. The van der Waals surface area contributed by atoms with Crippen LogP contribution in [0.3, 0.4) is 0 Å². The van der Waals surface area contributed by atoms with Gasteiger partial charge in [-0.15, -0.1) is 11.3 Å². The molecule has 0 radical (unpaired) electrons. The second-order valence-electron chi connectivity index (χ2n) is 3.74. The molecule has 78 valence electrons. The zero-order valence-electron chi connectivity index (χ0n) is 8.28. The first-order valence-corrected chi connectivity index (χ1v) is 5.27. The monoisotopic (exact) mass is 214 g/mol. The Morgan fingerprint density at radius 3 is 2.93 bits per heavy atom. The lowest BCUT2D eigenvalue weighted by atomic mass is 9.99. The van der Waals surface area contributed by atoms with Crippen molar-refractivity contribution >= 4 is 22.4 Å². The summed E-state index contributed by atoms with van der Waals surface area (Å²) in [5.74, 6) is -0.765. The summed E-state index contributed by atoms with van der Waals surface area (Å²) in [5.41, 5.74) is -0.226. The maximum atomic E-state index is 10.4. The van der Waals surface area contributed by atoms with Crippen LogP contribution in [0.15, 0.2) is 11.6 Å². The van der Waals surface area contributed by atoms with Crippen LogP contribution >= 0.6 is 11.3 Å². The number of carboxylic acid groups (broad SMARTS) is 1. The first kappa shape index (κ1) is 11.0. The highest BCUT2D eigenvalue weighted by Gasteiger charge is 2.19. The zero-order valence-corrected chi connectivity index (χ0v) is 9.10. The van der Waals surface area contributed by atoms with Crippen LogP contribution in [0.25, 0.3) is 0 Å². The summed E-state index contributed by atoms with van der Waals surface area (Å²) >= 11 is 1.51. The van der Waals surface area contributed by atoms with Crippen LogP contribution in [-0.2, 0) is 4.79 Å². The standard InChI is InChI=1S/C9H14N2O2S/c1-9(2,4-3-7(12)13)11-8-10-5-6-14-8/h5-6H,3-4H2,1-2H3,(H,10,11)(H,12,13). The van der Waals surface area contributed by atoms with Crippen molar-refractivity contribution in [1.29, 1.82) is 0 Å². The van der Waals surface area contributed by atoms with Gasteiger partial charge in [0.2, 0.25) is 0 Å². The Morgan fingerprint density at radius 2 is 2.43 bits per heavy atom. The molecule has 14 heavy (non-hydrogen) atoms. The van der Waals surface area contributed by atoms with E-state index in [1.165, 1.54) is 11.3 Å². The van der Waals surface area contributed by atoms with Crippen LogP contribution < -0.4 is 5.32 Å². The van der Waals surface area contributed by atoms with Gasteiger partial charge in [-0.3, -0.25) is 4.79 Å². The fourth-order valence-corrected chi connectivity index (χ4v) is 1.76. The van der Waals surface area contributed by atoms with E-state index in [1.807, 2.05) is 19.2 Å². The fraction of sp³-hybridized carbons (Fsp3) is 0.556. The van der Waals surface area contributed by atoms with E-state index in [0.29, 0.717) is 6.42 Å². The van der Waals surface area contributed by atoms with Crippen molar-refractivity contribution in [2.24, 2.45) is 0 Å². The first-order valence-electron chi connectivity index (χ1n) is 4.39. The number of anilines is 1. The van der Waals surface area contributed by atoms with Crippen LogP contribution in [0.4, 0.5) is 5.13 Å². The number of aliphatic carboxylic acids is 1. The van der Waals surface area contributed by atoms with Crippen molar-refractivity contribution in [2.45, 2.75) is 32.2 Å². The van der Waals surface area contributed by atoms with Crippen LogP contribution in [0.1, 0.15) is 26.7 Å². The van der Waals surface area contributed by atoms with Crippen molar-refractivity contribution in [3.8, 4) is 0 Å². The number of nitrogens with one attached hydrogen (secondary N) is 1. The Kier molecular flexibility index (Phi) is 3.46. The molecule has 0 atom stereocenters. The predicted molar refractivity (Wildman–Crippen MR) is 56.7 cm³/mol. The van der Waals surface area contributed by atoms with Gasteiger partial charge < -0.3 is 10.4 Å². The van der Waals surface area contributed by atoms with E-state index in [2.05, 4.69) is 10.3 Å². The third-order valence-electron chi connectivity index (χ3n) is 1.84. The molecule has 0 aliphatic carbocycles. The molecule has 4 nitrogen and oxygen atoms in total. The molecule has 0 aliphatic rings. The summed E-state index contributed by atoms with van der Waals surface area (Å²) in [4.78, 5) is 14.5. The van der Waals surface area contributed by atoms with Crippen LogP contribution in [0, 0.1) is 0 Å². The van der Waals surface area contributed by atoms with Gasteiger partial charge in [0, 0.05) is 23.5 Å². The van der Waals surface area contributed by atoms with E-state index in [-0.39, 0.29) is 12.0 Å². The van der Waals surface area contributed by atoms with Gasteiger partial charge in [-0.05, 0) is 20.3 Å². The smallest absolute Gasteiger partial charge is 0.303 e. The van der Waals surface area contributed by atoms with Gasteiger partial charge in [0.1, 0.15) is 0 Å². The molecule has 5 heteroatoms. The number of thiazole rings is 1. The molecule has 0 aromatic carbocycles. The van der Waals surface area contributed by atoms with Crippen molar-refractivity contribution in [3.05, 3.63) is 11.6 Å². The van der Waals surface area contributed by atoms with Crippen molar-refractivity contribution < 1.29 is 9.90 Å². The number of carboxylic acids is 1. The largest absolute Gasteiger partial charge is 0.481 e. The highest BCUT2D eigenvalue weighted by Crippen LogP contribution is 2.20. The lowest BCUT2D eigenvalue weighted by Gasteiger charge is -2.25. The minimum absolute atomic E-state index is 0.172. The predicted octanol–water partition coefficient (Wildman–Crippen LogP) is 2.20. The number of carbonyl (C=O) groups is 1.